The Hall–Kier alpha value is -2.27. The van der Waals surface area contributed by atoms with Crippen LogP contribution in [0.15, 0.2) is 35.1 Å². The highest BCUT2D eigenvalue weighted by molar-refractivity contribution is 6.29. The molecule has 0 aliphatic carbocycles. The molecule has 6 heteroatoms. The number of aryl methyl sites for hydroxylation is 2. The van der Waals surface area contributed by atoms with Gasteiger partial charge < -0.3 is 0 Å². The zero-order valence-electron chi connectivity index (χ0n) is 11.7. The van der Waals surface area contributed by atoms with Crippen LogP contribution in [0.1, 0.15) is 17.2 Å². The summed E-state index contributed by atoms with van der Waals surface area (Å²) in [6, 6.07) is 9.19. The number of para-hydroxylation sites is 2. The van der Waals surface area contributed by atoms with Crippen molar-refractivity contribution in [2.24, 2.45) is 0 Å². The van der Waals surface area contributed by atoms with Crippen molar-refractivity contribution in [1.29, 1.82) is 0 Å². The minimum atomic E-state index is -0.144. The number of halogens is 1. The van der Waals surface area contributed by atoms with Crippen molar-refractivity contribution in [3.05, 3.63) is 63.1 Å². The molecule has 0 aliphatic heterocycles. The van der Waals surface area contributed by atoms with Crippen molar-refractivity contribution in [3.63, 3.8) is 0 Å². The zero-order chi connectivity index (χ0) is 15.0. The summed E-state index contributed by atoms with van der Waals surface area (Å²) in [5, 5.41) is 0.376. The molecule has 0 N–H and O–H groups in total. The highest BCUT2D eigenvalue weighted by Crippen LogP contribution is 2.12. The summed E-state index contributed by atoms with van der Waals surface area (Å²) in [7, 11) is 0. The summed E-state index contributed by atoms with van der Waals surface area (Å²) in [5.41, 5.74) is 2.61. The van der Waals surface area contributed by atoms with Gasteiger partial charge in [-0.1, -0.05) is 23.7 Å². The first kappa shape index (κ1) is 13.7. The lowest BCUT2D eigenvalue weighted by molar-refractivity contribution is 0.725. The summed E-state index contributed by atoms with van der Waals surface area (Å²) < 4.78 is 1.63. The number of hydrogen-bond acceptors (Lipinski definition) is 4. The maximum Gasteiger partial charge on any atom is 0.272 e. The van der Waals surface area contributed by atoms with E-state index in [1.807, 2.05) is 31.2 Å². The van der Waals surface area contributed by atoms with Gasteiger partial charge in [-0.25, -0.2) is 15.0 Å². The normalized spacial score (nSPS) is 11.0. The fourth-order valence-electron chi connectivity index (χ4n) is 2.28. The van der Waals surface area contributed by atoms with E-state index in [0.717, 1.165) is 16.7 Å². The number of benzene rings is 1. The summed E-state index contributed by atoms with van der Waals surface area (Å²) >= 11 is 5.95. The van der Waals surface area contributed by atoms with Crippen molar-refractivity contribution in [2.45, 2.75) is 20.4 Å². The van der Waals surface area contributed by atoms with Crippen LogP contribution in [0.5, 0.6) is 0 Å². The summed E-state index contributed by atoms with van der Waals surface area (Å²) in [6.07, 6.45) is 0. The van der Waals surface area contributed by atoms with Gasteiger partial charge in [-0.05, 0) is 32.0 Å². The van der Waals surface area contributed by atoms with E-state index >= 15 is 0 Å². The Labute approximate surface area is 126 Å². The Morgan fingerprint density at radius 2 is 1.90 bits per heavy atom. The molecular formula is C15H13ClN4O. The van der Waals surface area contributed by atoms with E-state index in [-0.39, 0.29) is 12.1 Å². The topological polar surface area (TPSA) is 60.7 Å². The minimum Gasteiger partial charge on any atom is -0.298 e. The van der Waals surface area contributed by atoms with Crippen LogP contribution >= 0.6 is 11.6 Å². The summed E-state index contributed by atoms with van der Waals surface area (Å²) in [6.45, 7) is 3.81. The Morgan fingerprint density at radius 3 is 2.67 bits per heavy atom. The van der Waals surface area contributed by atoms with Gasteiger partial charge in [-0.2, -0.15) is 0 Å². The smallest absolute Gasteiger partial charge is 0.272 e. The molecule has 3 aromatic rings. The molecule has 5 nitrogen and oxygen atoms in total. The fourth-order valence-corrected chi connectivity index (χ4v) is 2.53. The minimum absolute atomic E-state index is 0.144. The number of aromatic nitrogens is 4. The molecule has 2 heterocycles. The van der Waals surface area contributed by atoms with Crippen LogP contribution in [0.2, 0.25) is 5.15 Å². The first-order chi connectivity index (χ1) is 10.0. The molecule has 0 unspecified atom stereocenters. The lowest BCUT2D eigenvalue weighted by atomic mass is 10.2. The van der Waals surface area contributed by atoms with Crippen molar-refractivity contribution >= 4 is 22.6 Å². The van der Waals surface area contributed by atoms with Gasteiger partial charge in [-0.15, -0.1) is 0 Å². The van der Waals surface area contributed by atoms with E-state index in [0.29, 0.717) is 16.7 Å². The molecule has 2 aromatic heterocycles. The molecule has 0 atom stereocenters. The van der Waals surface area contributed by atoms with Crippen LogP contribution in [0.4, 0.5) is 0 Å². The van der Waals surface area contributed by atoms with Gasteiger partial charge in [0.1, 0.15) is 16.7 Å². The Bertz CT molecular complexity index is 868. The molecule has 106 valence electrons. The van der Waals surface area contributed by atoms with Gasteiger partial charge in [0, 0.05) is 5.69 Å². The second kappa shape index (κ2) is 5.26. The highest BCUT2D eigenvalue weighted by atomic mass is 35.5. The van der Waals surface area contributed by atoms with Gasteiger partial charge in [0.2, 0.25) is 0 Å². The van der Waals surface area contributed by atoms with E-state index in [9.17, 15) is 4.79 Å². The predicted octanol–water partition coefficient (Wildman–Crippen LogP) is 2.51. The standard InChI is InChI=1S/C15H13ClN4O/c1-9-7-13(16)19-14(17-9)8-20-12-6-4-3-5-11(12)18-10(2)15(20)21/h3-7H,8H2,1-2H3. The maximum absolute atomic E-state index is 12.4. The predicted molar refractivity (Wildman–Crippen MR) is 81.6 cm³/mol. The Kier molecular flexibility index (Phi) is 3.43. The molecule has 0 bridgehead atoms. The SMILES string of the molecule is Cc1cc(Cl)nc(Cn2c(=O)c(C)nc3ccccc32)n1. The highest BCUT2D eigenvalue weighted by Gasteiger charge is 2.10. The average molecular weight is 301 g/mol. The lowest BCUT2D eigenvalue weighted by Gasteiger charge is -2.10. The number of fused-ring (bicyclic) bond motifs is 1. The third-order valence-electron chi connectivity index (χ3n) is 3.18. The molecule has 21 heavy (non-hydrogen) atoms. The molecule has 3 rings (SSSR count). The Morgan fingerprint density at radius 1 is 1.14 bits per heavy atom. The third-order valence-corrected chi connectivity index (χ3v) is 3.38. The monoisotopic (exact) mass is 300 g/mol. The van der Waals surface area contributed by atoms with Crippen molar-refractivity contribution in [3.8, 4) is 0 Å². The van der Waals surface area contributed by atoms with E-state index < -0.39 is 0 Å². The molecule has 0 aliphatic rings. The Balaban J connectivity index is 2.20. The molecule has 0 spiro atoms. The molecule has 0 saturated carbocycles. The van der Waals surface area contributed by atoms with Gasteiger partial charge in [0.25, 0.3) is 5.56 Å². The van der Waals surface area contributed by atoms with E-state index in [4.69, 9.17) is 11.6 Å². The quantitative estimate of drug-likeness (QED) is 0.682. The van der Waals surface area contributed by atoms with Gasteiger partial charge in [-0.3, -0.25) is 9.36 Å². The average Bonchev–Trinajstić information content (AvgIpc) is 2.43. The second-order valence-electron chi connectivity index (χ2n) is 4.83. The van der Waals surface area contributed by atoms with Gasteiger partial charge in [0.15, 0.2) is 0 Å². The summed E-state index contributed by atoms with van der Waals surface area (Å²) in [5.74, 6) is 0.512. The molecular weight excluding hydrogens is 288 g/mol. The molecule has 0 fully saturated rings. The van der Waals surface area contributed by atoms with E-state index in [2.05, 4.69) is 15.0 Å². The van der Waals surface area contributed by atoms with Crippen LogP contribution in [0, 0.1) is 13.8 Å². The van der Waals surface area contributed by atoms with E-state index in [1.165, 1.54) is 0 Å². The van der Waals surface area contributed by atoms with Crippen LogP contribution in [-0.2, 0) is 6.54 Å². The van der Waals surface area contributed by atoms with Crippen LogP contribution in [-0.4, -0.2) is 19.5 Å². The number of hydrogen-bond donors (Lipinski definition) is 0. The summed E-state index contributed by atoms with van der Waals surface area (Å²) in [4.78, 5) is 25.2. The van der Waals surface area contributed by atoms with E-state index in [1.54, 1.807) is 17.6 Å². The van der Waals surface area contributed by atoms with Gasteiger partial charge >= 0.3 is 0 Å². The van der Waals surface area contributed by atoms with Crippen LogP contribution < -0.4 is 5.56 Å². The molecule has 0 saturated heterocycles. The number of nitrogens with zero attached hydrogens (tertiary/aromatic N) is 4. The fraction of sp³-hybridized carbons (Fsp3) is 0.200. The van der Waals surface area contributed by atoms with Crippen LogP contribution in [0.3, 0.4) is 0 Å². The second-order valence-corrected chi connectivity index (χ2v) is 5.21. The van der Waals surface area contributed by atoms with Crippen molar-refractivity contribution < 1.29 is 0 Å². The van der Waals surface area contributed by atoms with Crippen molar-refractivity contribution in [2.75, 3.05) is 0 Å². The van der Waals surface area contributed by atoms with Crippen molar-refractivity contribution in [1.82, 2.24) is 19.5 Å². The third kappa shape index (κ3) is 2.64. The molecule has 0 radical (unpaired) electrons. The first-order valence-electron chi connectivity index (χ1n) is 6.51. The lowest BCUT2D eigenvalue weighted by Crippen LogP contribution is -2.25. The number of rotatable bonds is 2. The largest absolute Gasteiger partial charge is 0.298 e. The van der Waals surface area contributed by atoms with Crippen LogP contribution in [0.25, 0.3) is 11.0 Å². The zero-order valence-corrected chi connectivity index (χ0v) is 12.4. The molecule has 1 aromatic carbocycles. The first-order valence-corrected chi connectivity index (χ1v) is 6.88. The van der Waals surface area contributed by atoms with Gasteiger partial charge in [0.05, 0.1) is 17.6 Å². The maximum atomic E-state index is 12.4. The molecule has 0 amide bonds.